The van der Waals surface area contributed by atoms with Crippen LogP contribution in [0, 0.1) is 5.82 Å². The first-order valence-corrected chi connectivity index (χ1v) is 8.06. The Bertz CT molecular complexity index is 590. The van der Waals surface area contributed by atoms with Crippen LogP contribution in [-0.2, 0) is 14.8 Å². The van der Waals surface area contributed by atoms with Gasteiger partial charge in [-0.2, -0.15) is 0 Å². The zero-order chi connectivity index (χ0) is 15.9. The Hall–Kier alpha value is -1.51. The first kappa shape index (κ1) is 17.5. The van der Waals surface area contributed by atoms with Gasteiger partial charge < -0.3 is 10.5 Å². The van der Waals surface area contributed by atoms with Crippen molar-refractivity contribution in [3.8, 4) is 0 Å². The summed E-state index contributed by atoms with van der Waals surface area (Å²) in [5, 5.41) is 0. The van der Waals surface area contributed by atoms with E-state index in [1.165, 1.54) is 0 Å². The smallest absolute Gasteiger partial charge is 0.338 e. The number of hydrogen-bond donors (Lipinski definition) is 2. The summed E-state index contributed by atoms with van der Waals surface area (Å²) in [6.45, 7) is 2.39. The largest absolute Gasteiger partial charge is 0.462 e. The topological polar surface area (TPSA) is 98.5 Å². The van der Waals surface area contributed by atoms with Crippen LogP contribution in [-0.4, -0.2) is 34.1 Å². The first-order chi connectivity index (χ1) is 9.90. The van der Waals surface area contributed by atoms with Crippen LogP contribution in [0.2, 0.25) is 0 Å². The van der Waals surface area contributed by atoms with E-state index in [9.17, 15) is 17.6 Å². The molecule has 0 amide bonds. The standard InChI is InChI=1S/C13H19FN2O4S/c1-2-20-13(17)10-7-11(14)9-12(8-10)21(18,19)16-6-4-3-5-15/h7-9,16H,2-6,15H2,1H3. The lowest BCUT2D eigenvalue weighted by Gasteiger charge is -2.08. The summed E-state index contributed by atoms with van der Waals surface area (Å²) in [4.78, 5) is 11.3. The first-order valence-electron chi connectivity index (χ1n) is 6.58. The lowest BCUT2D eigenvalue weighted by atomic mass is 10.2. The number of unbranched alkanes of at least 4 members (excludes halogenated alkanes) is 1. The number of halogens is 1. The lowest BCUT2D eigenvalue weighted by molar-refractivity contribution is 0.0525. The van der Waals surface area contributed by atoms with Crippen LogP contribution < -0.4 is 10.5 Å². The number of nitrogens with two attached hydrogens (primary N) is 1. The fraction of sp³-hybridized carbons (Fsp3) is 0.462. The molecule has 0 atom stereocenters. The number of carbonyl (C=O) groups is 1. The number of carbonyl (C=O) groups excluding carboxylic acids is 1. The van der Waals surface area contributed by atoms with Gasteiger partial charge in [0.1, 0.15) is 5.82 Å². The monoisotopic (exact) mass is 318 g/mol. The summed E-state index contributed by atoms with van der Waals surface area (Å²) < 4.78 is 44.6. The van der Waals surface area contributed by atoms with E-state index < -0.39 is 21.8 Å². The molecule has 118 valence electrons. The van der Waals surface area contributed by atoms with Gasteiger partial charge in [0.2, 0.25) is 10.0 Å². The molecule has 0 aliphatic rings. The minimum Gasteiger partial charge on any atom is -0.462 e. The second kappa shape index (κ2) is 8.06. The molecule has 0 aliphatic heterocycles. The average molecular weight is 318 g/mol. The second-order valence-corrected chi connectivity index (χ2v) is 6.06. The molecular formula is C13H19FN2O4S. The van der Waals surface area contributed by atoms with Gasteiger partial charge in [-0.05, 0) is 44.5 Å². The Morgan fingerprint density at radius 1 is 1.33 bits per heavy atom. The fourth-order valence-corrected chi connectivity index (χ4v) is 2.74. The van der Waals surface area contributed by atoms with Crippen LogP contribution in [0.5, 0.6) is 0 Å². The molecule has 0 spiro atoms. The van der Waals surface area contributed by atoms with Crippen molar-refractivity contribution in [3.63, 3.8) is 0 Å². The van der Waals surface area contributed by atoms with Crippen molar-refractivity contribution in [3.05, 3.63) is 29.6 Å². The molecule has 6 nitrogen and oxygen atoms in total. The highest BCUT2D eigenvalue weighted by Gasteiger charge is 2.18. The van der Waals surface area contributed by atoms with Gasteiger partial charge in [-0.1, -0.05) is 0 Å². The van der Waals surface area contributed by atoms with E-state index >= 15 is 0 Å². The normalized spacial score (nSPS) is 11.4. The summed E-state index contributed by atoms with van der Waals surface area (Å²) in [5.41, 5.74) is 5.17. The van der Waals surface area contributed by atoms with E-state index in [2.05, 4.69) is 4.72 Å². The Balaban J connectivity index is 2.93. The summed E-state index contributed by atoms with van der Waals surface area (Å²) in [6.07, 6.45) is 1.26. The van der Waals surface area contributed by atoms with Crippen molar-refractivity contribution in [2.75, 3.05) is 19.7 Å². The van der Waals surface area contributed by atoms with E-state index in [0.717, 1.165) is 18.2 Å². The summed E-state index contributed by atoms with van der Waals surface area (Å²) in [5.74, 6) is -1.58. The highest BCUT2D eigenvalue weighted by Crippen LogP contribution is 2.15. The Morgan fingerprint density at radius 2 is 2.05 bits per heavy atom. The molecule has 3 N–H and O–H groups in total. The van der Waals surface area contributed by atoms with Crippen molar-refractivity contribution < 1.29 is 22.3 Å². The van der Waals surface area contributed by atoms with Crippen LogP contribution in [0.1, 0.15) is 30.1 Å². The summed E-state index contributed by atoms with van der Waals surface area (Å²) in [7, 11) is -3.87. The number of hydrogen-bond acceptors (Lipinski definition) is 5. The van der Waals surface area contributed by atoms with Gasteiger partial charge in [-0.25, -0.2) is 22.3 Å². The van der Waals surface area contributed by atoms with Crippen molar-refractivity contribution in [1.82, 2.24) is 4.72 Å². The minimum absolute atomic E-state index is 0.120. The maximum absolute atomic E-state index is 13.5. The molecule has 21 heavy (non-hydrogen) atoms. The third-order valence-electron chi connectivity index (χ3n) is 2.62. The Kier molecular flexibility index (Phi) is 6.73. The molecule has 0 aromatic heterocycles. The zero-order valence-corrected chi connectivity index (χ0v) is 12.6. The second-order valence-electron chi connectivity index (χ2n) is 4.29. The minimum atomic E-state index is -3.87. The van der Waals surface area contributed by atoms with E-state index in [0.29, 0.717) is 19.4 Å². The van der Waals surface area contributed by atoms with Gasteiger partial charge in [0.25, 0.3) is 0 Å². The molecule has 0 aliphatic carbocycles. The molecule has 0 radical (unpaired) electrons. The van der Waals surface area contributed by atoms with Crippen LogP contribution >= 0.6 is 0 Å². The van der Waals surface area contributed by atoms with Crippen molar-refractivity contribution in [2.24, 2.45) is 5.73 Å². The molecule has 0 unspecified atom stereocenters. The van der Waals surface area contributed by atoms with Gasteiger partial charge in [0.05, 0.1) is 17.1 Å². The quantitative estimate of drug-likeness (QED) is 0.551. The average Bonchev–Trinajstić information content (AvgIpc) is 2.43. The maximum atomic E-state index is 13.5. The van der Waals surface area contributed by atoms with E-state index in [-0.39, 0.29) is 23.6 Å². The van der Waals surface area contributed by atoms with Crippen LogP contribution in [0.25, 0.3) is 0 Å². The molecule has 0 bridgehead atoms. The SMILES string of the molecule is CCOC(=O)c1cc(F)cc(S(=O)(=O)NCCCCN)c1. The number of ether oxygens (including phenoxy) is 1. The predicted octanol–water partition coefficient (Wildman–Crippen LogP) is 1.02. The molecule has 0 heterocycles. The molecule has 1 aromatic rings. The number of rotatable bonds is 8. The zero-order valence-electron chi connectivity index (χ0n) is 11.8. The van der Waals surface area contributed by atoms with Gasteiger partial charge in [-0.15, -0.1) is 0 Å². The predicted molar refractivity (Wildman–Crippen MR) is 75.8 cm³/mol. The number of benzene rings is 1. The van der Waals surface area contributed by atoms with E-state index in [4.69, 9.17) is 10.5 Å². The third kappa shape index (κ3) is 5.41. The molecule has 1 rings (SSSR count). The molecule has 0 saturated carbocycles. The number of sulfonamides is 1. The van der Waals surface area contributed by atoms with Crippen molar-refractivity contribution in [1.29, 1.82) is 0 Å². The number of esters is 1. The highest BCUT2D eigenvalue weighted by atomic mass is 32.2. The van der Waals surface area contributed by atoms with E-state index in [1.54, 1.807) is 6.92 Å². The highest BCUT2D eigenvalue weighted by molar-refractivity contribution is 7.89. The van der Waals surface area contributed by atoms with Gasteiger partial charge in [-0.3, -0.25) is 0 Å². The lowest BCUT2D eigenvalue weighted by Crippen LogP contribution is -2.25. The summed E-state index contributed by atoms with van der Waals surface area (Å²) >= 11 is 0. The molecule has 8 heteroatoms. The van der Waals surface area contributed by atoms with Gasteiger partial charge in [0, 0.05) is 6.54 Å². The van der Waals surface area contributed by atoms with E-state index in [1.807, 2.05) is 0 Å². The third-order valence-corrected chi connectivity index (χ3v) is 4.06. The van der Waals surface area contributed by atoms with Crippen LogP contribution in [0.4, 0.5) is 4.39 Å². The molecular weight excluding hydrogens is 299 g/mol. The van der Waals surface area contributed by atoms with Gasteiger partial charge >= 0.3 is 5.97 Å². The molecule has 0 fully saturated rings. The fourth-order valence-electron chi connectivity index (χ4n) is 1.61. The Labute approximate surface area is 123 Å². The van der Waals surface area contributed by atoms with Gasteiger partial charge in [0.15, 0.2) is 0 Å². The maximum Gasteiger partial charge on any atom is 0.338 e. The Morgan fingerprint density at radius 3 is 2.67 bits per heavy atom. The van der Waals surface area contributed by atoms with Crippen LogP contribution in [0.3, 0.4) is 0 Å². The van der Waals surface area contributed by atoms with Crippen molar-refractivity contribution >= 4 is 16.0 Å². The molecule has 0 saturated heterocycles. The van der Waals surface area contributed by atoms with Crippen LogP contribution in [0.15, 0.2) is 23.1 Å². The summed E-state index contributed by atoms with van der Waals surface area (Å²) in [6, 6.07) is 2.88. The van der Waals surface area contributed by atoms with Crippen molar-refractivity contribution in [2.45, 2.75) is 24.7 Å². The molecule has 1 aromatic carbocycles. The number of nitrogens with one attached hydrogen (secondary N) is 1.